The number of carbonyl (C=O) groups excluding carboxylic acids is 2. The molecule has 0 aromatic carbocycles. The van der Waals surface area contributed by atoms with Crippen molar-refractivity contribution >= 4 is 27.7 Å². The minimum atomic E-state index is -0.152. The van der Waals surface area contributed by atoms with E-state index in [1.165, 1.54) is 12.0 Å². The van der Waals surface area contributed by atoms with E-state index in [0.717, 1.165) is 44.9 Å². The fourth-order valence-corrected chi connectivity index (χ4v) is 6.85. The lowest BCUT2D eigenvalue weighted by Gasteiger charge is -2.56. The van der Waals surface area contributed by atoms with Gasteiger partial charge in [-0.1, -0.05) is 41.4 Å². The van der Waals surface area contributed by atoms with Crippen LogP contribution < -0.4 is 0 Å². The highest BCUT2D eigenvalue weighted by molar-refractivity contribution is 9.09. The Labute approximate surface area is 159 Å². The van der Waals surface area contributed by atoms with Crippen molar-refractivity contribution in [1.82, 2.24) is 0 Å². The number of carbonyl (C=O) groups is 2. The lowest BCUT2D eigenvalue weighted by atomic mass is 9.48. The van der Waals surface area contributed by atoms with Gasteiger partial charge in [0.05, 0.1) is 0 Å². The molecule has 0 N–H and O–H groups in total. The molecular formula is C21H29BrO3. The number of rotatable bonds is 2. The van der Waals surface area contributed by atoms with Gasteiger partial charge in [0.25, 0.3) is 0 Å². The van der Waals surface area contributed by atoms with Crippen molar-refractivity contribution in [3.8, 4) is 0 Å². The summed E-state index contributed by atoms with van der Waals surface area (Å²) in [5.41, 5.74) is 1.71. The van der Waals surface area contributed by atoms with Gasteiger partial charge in [0, 0.05) is 18.3 Å². The molecule has 0 aromatic heterocycles. The predicted octanol–water partition coefficient (Wildman–Crippen LogP) is 4.83. The van der Waals surface area contributed by atoms with E-state index >= 15 is 0 Å². The van der Waals surface area contributed by atoms with E-state index in [1.807, 2.05) is 0 Å². The SMILES string of the molecule is C[C@]12CC[C@@H](OC(=O)CBr)CC1=CC[C@H]1[C@H]2CC[C@]2(C)C(=O)CC[C@H]12. The van der Waals surface area contributed by atoms with E-state index < -0.39 is 0 Å². The molecule has 3 fully saturated rings. The van der Waals surface area contributed by atoms with Crippen molar-refractivity contribution in [2.75, 3.05) is 5.33 Å². The first-order valence-corrected chi connectivity index (χ1v) is 11.0. The second-order valence-corrected chi connectivity index (χ2v) is 9.73. The average molecular weight is 409 g/mol. The molecule has 0 aromatic rings. The van der Waals surface area contributed by atoms with Gasteiger partial charge >= 0.3 is 5.97 Å². The molecule has 6 atom stereocenters. The fourth-order valence-electron chi connectivity index (χ4n) is 6.72. The summed E-state index contributed by atoms with van der Waals surface area (Å²) in [4.78, 5) is 24.1. The Morgan fingerprint density at radius 3 is 2.68 bits per heavy atom. The standard InChI is InChI=1S/C21H29BrO3/c1-20-9-7-14(25-19(24)12-22)11-13(20)3-4-15-16-5-6-18(23)21(16,2)10-8-17(15)20/h3,14-17H,4-12H2,1-2H3/t14-,15-,16-,17-,20+,21+/m1/s1. The molecule has 0 bridgehead atoms. The van der Waals surface area contributed by atoms with E-state index in [1.54, 1.807) is 0 Å². The number of fused-ring (bicyclic) bond motifs is 5. The van der Waals surface area contributed by atoms with Crippen molar-refractivity contribution in [3.05, 3.63) is 11.6 Å². The molecule has 3 nitrogen and oxygen atoms in total. The summed E-state index contributed by atoms with van der Waals surface area (Å²) >= 11 is 3.19. The highest BCUT2D eigenvalue weighted by Gasteiger charge is 2.58. The first-order valence-electron chi connectivity index (χ1n) is 9.87. The van der Waals surface area contributed by atoms with Crippen LogP contribution in [0, 0.1) is 28.6 Å². The molecule has 0 unspecified atom stereocenters. The van der Waals surface area contributed by atoms with Crippen LogP contribution in [0.2, 0.25) is 0 Å². The molecule has 0 amide bonds. The lowest BCUT2D eigenvalue weighted by molar-refractivity contribution is -0.148. The third-order valence-electron chi connectivity index (χ3n) is 8.17. The molecule has 0 aliphatic heterocycles. The average Bonchev–Trinajstić information content (AvgIpc) is 2.90. The van der Waals surface area contributed by atoms with E-state index in [9.17, 15) is 9.59 Å². The number of alkyl halides is 1. The van der Waals surface area contributed by atoms with Gasteiger partial charge in [-0.15, -0.1) is 0 Å². The smallest absolute Gasteiger partial charge is 0.316 e. The van der Waals surface area contributed by atoms with E-state index in [4.69, 9.17) is 4.74 Å². The normalized spacial score (nSPS) is 45.9. The van der Waals surface area contributed by atoms with E-state index in [-0.39, 0.29) is 28.2 Å². The molecule has 0 saturated heterocycles. The highest BCUT2D eigenvalue weighted by Crippen LogP contribution is 2.64. The maximum Gasteiger partial charge on any atom is 0.316 e. The molecule has 4 aliphatic carbocycles. The number of allylic oxidation sites excluding steroid dienone is 1. The summed E-state index contributed by atoms with van der Waals surface area (Å²) in [5, 5.41) is 0.277. The van der Waals surface area contributed by atoms with Gasteiger partial charge in [-0.25, -0.2) is 0 Å². The topological polar surface area (TPSA) is 43.4 Å². The lowest BCUT2D eigenvalue weighted by Crippen LogP contribution is -2.50. The van der Waals surface area contributed by atoms with Gasteiger partial charge in [-0.05, 0) is 61.7 Å². The van der Waals surface area contributed by atoms with Gasteiger partial charge in [0.2, 0.25) is 0 Å². The number of hydrogen-bond donors (Lipinski definition) is 0. The fraction of sp³-hybridized carbons (Fsp3) is 0.810. The first kappa shape index (κ1) is 17.8. The number of ketones is 1. The van der Waals surface area contributed by atoms with Crippen LogP contribution in [-0.2, 0) is 14.3 Å². The monoisotopic (exact) mass is 408 g/mol. The van der Waals surface area contributed by atoms with Crippen molar-refractivity contribution < 1.29 is 14.3 Å². The van der Waals surface area contributed by atoms with Gasteiger partial charge in [0.15, 0.2) is 0 Å². The van der Waals surface area contributed by atoms with Crippen LogP contribution in [-0.4, -0.2) is 23.2 Å². The number of esters is 1. The summed E-state index contributed by atoms with van der Waals surface area (Å²) in [5.74, 6) is 2.31. The number of Topliss-reactive ketones (excluding diaryl/α,β-unsaturated/α-hetero) is 1. The second kappa shape index (κ2) is 6.21. The van der Waals surface area contributed by atoms with Crippen molar-refractivity contribution in [3.63, 3.8) is 0 Å². The molecule has 4 rings (SSSR count). The van der Waals surface area contributed by atoms with Gasteiger partial charge in [-0.3, -0.25) is 9.59 Å². The zero-order valence-corrected chi connectivity index (χ0v) is 16.9. The van der Waals surface area contributed by atoms with Crippen molar-refractivity contribution in [2.24, 2.45) is 28.6 Å². The molecule has 4 aliphatic rings. The zero-order valence-electron chi connectivity index (χ0n) is 15.4. The maximum atomic E-state index is 12.5. The largest absolute Gasteiger partial charge is 0.461 e. The molecule has 4 heteroatoms. The third kappa shape index (κ3) is 2.65. The van der Waals surface area contributed by atoms with Gasteiger partial charge in [0.1, 0.15) is 17.2 Å². The third-order valence-corrected chi connectivity index (χ3v) is 8.63. The van der Waals surface area contributed by atoms with Crippen LogP contribution >= 0.6 is 15.9 Å². The molecule has 0 spiro atoms. The van der Waals surface area contributed by atoms with Crippen LogP contribution in [0.4, 0.5) is 0 Å². The first-order chi connectivity index (χ1) is 11.9. The summed E-state index contributed by atoms with van der Waals surface area (Å²) in [6.07, 6.45) is 10.7. The van der Waals surface area contributed by atoms with Crippen LogP contribution in [0.3, 0.4) is 0 Å². The van der Waals surface area contributed by atoms with E-state index in [2.05, 4.69) is 35.9 Å². The van der Waals surface area contributed by atoms with Crippen LogP contribution in [0.15, 0.2) is 11.6 Å². The number of hydrogen-bond acceptors (Lipinski definition) is 3. The summed E-state index contributed by atoms with van der Waals surface area (Å²) in [7, 11) is 0. The quantitative estimate of drug-likeness (QED) is 0.373. The van der Waals surface area contributed by atoms with Crippen molar-refractivity contribution in [1.29, 1.82) is 0 Å². The van der Waals surface area contributed by atoms with Crippen LogP contribution in [0.1, 0.15) is 65.2 Å². The Kier molecular flexibility index (Phi) is 4.41. The second-order valence-electron chi connectivity index (χ2n) is 9.17. The molecular weight excluding hydrogens is 380 g/mol. The Balaban J connectivity index is 1.56. The molecule has 3 saturated carbocycles. The minimum Gasteiger partial charge on any atom is -0.461 e. The molecule has 0 heterocycles. The Morgan fingerprint density at radius 1 is 1.20 bits per heavy atom. The molecule has 138 valence electrons. The van der Waals surface area contributed by atoms with Gasteiger partial charge < -0.3 is 4.74 Å². The summed E-state index contributed by atoms with van der Waals surface area (Å²) < 4.78 is 5.60. The number of ether oxygens (including phenoxy) is 1. The minimum absolute atomic E-state index is 0.0443. The Hall–Kier alpha value is -0.640. The molecule has 0 radical (unpaired) electrons. The predicted molar refractivity (Wildman–Crippen MR) is 100 cm³/mol. The van der Waals surface area contributed by atoms with Crippen LogP contribution in [0.25, 0.3) is 0 Å². The number of halogens is 1. The van der Waals surface area contributed by atoms with E-state index in [0.29, 0.717) is 23.5 Å². The Bertz CT molecular complexity index is 627. The van der Waals surface area contributed by atoms with Crippen molar-refractivity contribution in [2.45, 2.75) is 71.3 Å². The van der Waals surface area contributed by atoms with Crippen LogP contribution in [0.5, 0.6) is 0 Å². The van der Waals surface area contributed by atoms with Gasteiger partial charge in [-0.2, -0.15) is 0 Å². The highest BCUT2D eigenvalue weighted by atomic mass is 79.9. The zero-order chi connectivity index (χ0) is 17.8. The summed E-state index contributed by atoms with van der Waals surface area (Å²) in [6.45, 7) is 4.68. The Morgan fingerprint density at radius 2 is 1.92 bits per heavy atom. The summed E-state index contributed by atoms with van der Waals surface area (Å²) in [6, 6.07) is 0. The molecule has 25 heavy (non-hydrogen) atoms. The maximum absolute atomic E-state index is 12.5.